The van der Waals surface area contributed by atoms with Crippen molar-refractivity contribution in [1.82, 2.24) is 9.80 Å². The van der Waals surface area contributed by atoms with E-state index in [4.69, 9.17) is 14.2 Å². The first-order chi connectivity index (χ1) is 15.9. The molecule has 1 heterocycles. The standard InChI is InChI=1S/C24H33FN2O4.C2H6/c1-18(6-7-19(2)25)10-11-26-12-14-27(15-13-26)23(28)9-8-20-16-21(29-3)24(31-5)22(17-20)30-4;1-2/h6-9,16-17H,10-15H2,1-5H3;1-2H3/b9-8+,18-6+,19-7+;. The Hall–Kier alpha value is -2.80. The SMILES string of the molecule is CC.COc1cc(/C=C/C(=O)N2CCN(CC/C(C)=C/C=C(\C)F)CC2)cc(OC)c1OC. The fourth-order valence-electron chi connectivity index (χ4n) is 3.34. The molecule has 184 valence electrons. The summed E-state index contributed by atoms with van der Waals surface area (Å²) in [6.07, 6.45) is 7.54. The van der Waals surface area contributed by atoms with E-state index in [2.05, 4.69) is 4.90 Å². The number of hydrogen-bond donors (Lipinski definition) is 0. The van der Waals surface area contributed by atoms with E-state index in [1.54, 1.807) is 45.6 Å². The lowest BCUT2D eigenvalue weighted by molar-refractivity contribution is -0.127. The van der Waals surface area contributed by atoms with Gasteiger partial charge in [0.2, 0.25) is 11.7 Å². The number of hydrogen-bond acceptors (Lipinski definition) is 5. The molecule has 0 radical (unpaired) electrons. The molecule has 0 saturated carbocycles. The molecule has 33 heavy (non-hydrogen) atoms. The van der Waals surface area contributed by atoms with Crippen LogP contribution in [0.4, 0.5) is 4.39 Å². The second-order valence-corrected chi connectivity index (χ2v) is 7.48. The highest BCUT2D eigenvalue weighted by atomic mass is 19.1. The zero-order valence-corrected chi connectivity index (χ0v) is 21.1. The summed E-state index contributed by atoms with van der Waals surface area (Å²) >= 11 is 0. The Kier molecular flexibility index (Phi) is 12.9. The van der Waals surface area contributed by atoms with Gasteiger partial charge in [-0.1, -0.05) is 25.5 Å². The number of carbonyl (C=O) groups is 1. The number of nitrogens with zero attached hydrogens (tertiary/aromatic N) is 2. The van der Waals surface area contributed by atoms with Crippen molar-refractivity contribution < 1.29 is 23.4 Å². The largest absolute Gasteiger partial charge is 0.493 e. The molecule has 1 aromatic rings. The number of allylic oxidation sites excluding steroid dienone is 3. The number of amides is 1. The Morgan fingerprint density at radius 3 is 2.03 bits per heavy atom. The Bertz CT molecular complexity index is 812. The van der Waals surface area contributed by atoms with E-state index < -0.39 is 0 Å². The number of benzene rings is 1. The van der Waals surface area contributed by atoms with E-state index in [1.807, 2.05) is 31.7 Å². The summed E-state index contributed by atoms with van der Waals surface area (Å²) in [5.41, 5.74) is 1.94. The van der Waals surface area contributed by atoms with Gasteiger partial charge in [0.05, 0.1) is 27.2 Å². The molecule has 0 bridgehead atoms. The normalized spacial score (nSPS) is 15.2. The van der Waals surface area contributed by atoms with Crippen LogP contribution in [0.2, 0.25) is 0 Å². The number of halogens is 1. The molecule has 0 N–H and O–H groups in total. The first-order valence-electron chi connectivity index (χ1n) is 11.4. The van der Waals surface area contributed by atoms with E-state index >= 15 is 0 Å². The predicted molar refractivity (Wildman–Crippen MR) is 133 cm³/mol. The molecule has 1 fully saturated rings. The fraction of sp³-hybridized carbons (Fsp3) is 0.500. The van der Waals surface area contributed by atoms with Crippen LogP contribution in [0.15, 0.2) is 41.8 Å². The van der Waals surface area contributed by atoms with Crippen molar-refractivity contribution in [3.05, 3.63) is 47.3 Å². The zero-order chi connectivity index (χ0) is 24.8. The summed E-state index contributed by atoms with van der Waals surface area (Å²) in [4.78, 5) is 16.8. The monoisotopic (exact) mass is 462 g/mol. The van der Waals surface area contributed by atoms with Crippen molar-refractivity contribution in [2.75, 3.05) is 54.1 Å². The van der Waals surface area contributed by atoms with Gasteiger partial charge in [-0.2, -0.15) is 0 Å². The number of methoxy groups -OCH3 is 3. The minimum Gasteiger partial charge on any atom is -0.493 e. The van der Waals surface area contributed by atoms with E-state index in [0.29, 0.717) is 30.3 Å². The lowest BCUT2D eigenvalue weighted by atomic mass is 10.1. The molecule has 1 aromatic carbocycles. The van der Waals surface area contributed by atoms with Gasteiger partial charge in [0, 0.05) is 38.8 Å². The summed E-state index contributed by atoms with van der Waals surface area (Å²) < 4.78 is 28.8. The third-order valence-electron chi connectivity index (χ3n) is 5.21. The molecular formula is C26H39FN2O4. The Labute approximate surface area is 198 Å². The lowest BCUT2D eigenvalue weighted by Gasteiger charge is -2.34. The molecule has 0 unspecified atom stereocenters. The second kappa shape index (κ2) is 15.1. The molecule has 0 atom stereocenters. The van der Waals surface area contributed by atoms with Gasteiger partial charge in [-0.25, -0.2) is 4.39 Å². The molecule has 6 nitrogen and oxygen atoms in total. The minimum atomic E-state index is -0.189. The second-order valence-electron chi connectivity index (χ2n) is 7.48. The number of carbonyl (C=O) groups excluding carboxylic acids is 1. The summed E-state index contributed by atoms with van der Waals surface area (Å²) in [6, 6.07) is 3.61. The summed E-state index contributed by atoms with van der Waals surface area (Å²) in [5, 5.41) is 0. The van der Waals surface area contributed by atoms with Crippen LogP contribution < -0.4 is 14.2 Å². The van der Waals surface area contributed by atoms with Gasteiger partial charge in [0.15, 0.2) is 11.5 Å². The van der Waals surface area contributed by atoms with Crippen LogP contribution in [-0.2, 0) is 4.79 Å². The highest BCUT2D eigenvalue weighted by molar-refractivity contribution is 5.92. The van der Waals surface area contributed by atoms with E-state index in [0.717, 1.165) is 37.2 Å². The quantitative estimate of drug-likeness (QED) is 0.377. The van der Waals surface area contributed by atoms with Crippen LogP contribution in [-0.4, -0.2) is 69.8 Å². The summed E-state index contributed by atoms with van der Waals surface area (Å²) in [5.74, 6) is 1.40. The molecule has 0 spiro atoms. The average molecular weight is 463 g/mol. The van der Waals surface area contributed by atoms with Gasteiger partial charge in [-0.05, 0) is 50.1 Å². The van der Waals surface area contributed by atoms with Crippen LogP contribution >= 0.6 is 0 Å². The number of ether oxygens (including phenoxy) is 3. The maximum absolute atomic E-state index is 12.8. The van der Waals surface area contributed by atoms with Gasteiger partial charge in [0.25, 0.3) is 0 Å². The van der Waals surface area contributed by atoms with Gasteiger partial charge >= 0.3 is 0 Å². The van der Waals surface area contributed by atoms with Crippen molar-refractivity contribution in [1.29, 1.82) is 0 Å². The van der Waals surface area contributed by atoms with Crippen LogP contribution in [0.5, 0.6) is 17.2 Å². The first kappa shape index (κ1) is 28.2. The Morgan fingerprint density at radius 2 is 1.55 bits per heavy atom. The highest BCUT2D eigenvalue weighted by Gasteiger charge is 2.19. The summed E-state index contributed by atoms with van der Waals surface area (Å²) in [7, 11) is 4.68. The van der Waals surface area contributed by atoms with Crippen LogP contribution in [0.3, 0.4) is 0 Å². The van der Waals surface area contributed by atoms with E-state index in [9.17, 15) is 9.18 Å². The Balaban J connectivity index is 0.00000265. The first-order valence-corrected chi connectivity index (χ1v) is 11.4. The molecule has 1 aliphatic rings. The molecule has 7 heteroatoms. The van der Waals surface area contributed by atoms with Crippen molar-refractivity contribution >= 4 is 12.0 Å². The van der Waals surface area contributed by atoms with Crippen LogP contribution in [0.1, 0.15) is 39.7 Å². The molecular weight excluding hydrogens is 423 g/mol. The maximum Gasteiger partial charge on any atom is 0.246 e. The zero-order valence-electron chi connectivity index (χ0n) is 21.1. The molecule has 1 amide bonds. The molecule has 2 rings (SSSR count). The smallest absolute Gasteiger partial charge is 0.246 e. The maximum atomic E-state index is 12.8. The minimum absolute atomic E-state index is 0.0203. The van der Waals surface area contributed by atoms with Gasteiger partial charge in [0.1, 0.15) is 0 Å². The van der Waals surface area contributed by atoms with E-state index in [-0.39, 0.29) is 11.7 Å². The third-order valence-corrected chi connectivity index (χ3v) is 5.21. The molecule has 1 aliphatic heterocycles. The molecule has 1 saturated heterocycles. The van der Waals surface area contributed by atoms with Gasteiger partial charge < -0.3 is 19.1 Å². The summed E-state index contributed by atoms with van der Waals surface area (Å²) in [6.45, 7) is 11.4. The highest BCUT2D eigenvalue weighted by Crippen LogP contribution is 2.38. The van der Waals surface area contributed by atoms with Crippen molar-refractivity contribution in [2.24, 2.45) is 0 Å². The van der Waals surface area contributed by atoms with Crippen molar-refractivity contribution in [2.45, 2.75) is 34.1 Å². The van der Waals surface area contributed by atoms with Crippen molar-refractivity contribution in [3.63, 3.8) is 0 Å². The topological polar surface area (TPSA) is 51.2 Å². The lowest BCUT2D eigenvalue weighted by Crippen LogP contribution is -2.48. The molecule has 0 aliphatic carbocycles. The van der Waals surface area contributed by atoms with Crippen LogP contribution in [0, 0.1) is 0 Å². The average Bonchev–Trinajstić information content (AvgIpc) is 2.85. The van der Waals surface area contributed by atoms with Gasteiger partial charge in [-0.15, -0.1) is 0 Å². The third kappa shape index (κ3) is 9.30. The van der Waals surface area contributed by atoms with Crippen LogP contribution in [0.25, 0.3) is 6.08 Å². The number of piperazine rings is 1. The van der Waals surface area contributed by atoms with E-state index in [1.165, 1.54) is 13.0 Å². The Morgan fingerprint density at radius 1 is 0.970 bits per heavy atom. The number of rotatable bonds is 9. The fourth-order valence-corrected chi connectivity index (χ4v) is 3.34. The van der Waals surface area contributed by atoms with Crippen molar-refractivity contribution in [3.8, 4) is 17.2 Å². The molecule has 0 aromatic heterocycles. The van der Waals surface area contributed by atoms with Gasteiger partial charge in [-0.3, -0.25) is 9.69 Å². The predicted octanol–water partition coefficient (Wildman–Crippen LogP) is 5.11.